The second-order valence-corrected chi connectivity index (χ2v) is 3.90. The van der Waals surface area contributed by atoms with Crippen LogP contribution in [0.4, 0.5) is 0 Å². The highest BCUT2D eigenvalue weighted by Gasteiger charge is 2.08. The molecule has 0 fully saturated rings. The van der Waals surface area contributed by atoms with E-state index in [0.29, 0.717) is 18.6 Å². The van der Waals surface area contributed by atoms with E-state index in [0.717, 1.165) is 0 Å². The second-order valence-electron chi connectivity index (χ2n) is 3.90. The van der Waals surface area contributed by atoms with Crippen LogP contribution in [0, 0.1) is 19.2 Å². The van der Waals surface area contributed by atoms with Gasteiger partial charge in [-0.2, -0.15) is 6.32 Å². The van der Waals surface area contributed by atoms with E-state index in [2.05, 4.69) is 57.6 Å². The third-order valence-electron chi connectivity index (χ3n) is 2.26. The van der Waals surface area contributed by atoms with Gasteiger partial charge in [-0.25, -0.2) is 0 Å². The summed E-state index contributed by atoms with van der Waals surface area (Å²) in [6, 6.07) is 1.23. The molecular weight excluding hydrogens is 145 g/mol. The van der Waals surface area contributed by atoms with Crippen LogP contribution in [0.25, 0.3) is 0 Å². The molecule has 12 heavy (non-hydrogen) atoms. The van der Waals surface area contributed by atoms with Gasteiger partial charge in [0, 0.05) is 0 Å². The first-order valence-corrected chi connectivity index (χ1v) is 4.75. The topological polar surface area (TPSA) is 3.24 Å². The average molecular weight is 163 g/mol. The molecule has 0 amide bonds. The van der Waals surface area contributed by atoms with Crippen LogP contribution in [0.2, 0.25) is 0 Å². The maximum atomic E-state index is 2.50. The molecule has 0 aromatic heterocycles. The van der Waals surface area contributed by atoms with Crippen LogP contribution in [0.5, 0.6) is 0 Å². The summed E-state index contributed by atoms with van der Waals surface area (Å²) in [6.07, 6.45) is 6.50. The van der Waals surface area contributed by atoms with Gasteiger partial charge in [0.05, 0.1) is 0 Å². The number of hydrogen-bond acceptors (Lipinski definition) is 1. The predicted molar refractivity (Wildman–Crippen MR) is 56.8 cm³/mol. The van der Waals surface area contributed by atoms with Gasteiger partial charge in [0.25, 0.3) is 0 Å². The van der Waals surface area contributed by atoms with Gasteiger partial charge in [-0.15, -0.1) is 0 Å². The number of hydrogen-bond donors (Lipinski definition) is 0. The normalized spacial score (nSPS) is 17.3. The Hall–Kier alpha value is -0.265. The highest BCUT2D eigenvalue weighted by Crippen LogP contribution is 2.10. The Morgan fingerprint density at radius 1 is 1.00 bits per heavy atom. The highest BCUT2D eigenvalue weighted by molar-refractivity contribution is 6.70. The van der Waals surface area contributed by atoms with Crippen molar-refractivity contribution in [1.82, 2.24) is 4.81 Å². The predicted octanol–water partition coefficient (Wildman–Crippen LogP) is 1.65. The van der Waals surface area contributed by atoms with E-state index in [-0.39, 0.29) is 0 Å². The van der Waals surface area contributed by atoms with Gasteiger partial charge >= 0.3 is 0 Å². The van der Waals surface area contributed by atoms with Crippen LogP contribution in [-0.4, -0.2) is 29.3 Å². The highest BCUT2D eigenvalue weighted by atomic mass is 15.1. The molecule has 1 rings (SSSR count). The van der Waals surface area contributed by atoms with Gasteiger partial charge < -0.3 is 4.81 Å². The Morgan fingerprint density at radius 3 is 1.92 bits per heavy atom. The molecule has 0 saturated carbocycles. The van der Waals surface area contributed by atoms with Gasteiger partial charge in [0.15, 0.2) is 0 Å². The summed E-state index contributed by atoms with van der Waals surface area (Å²) in [7, 11) is 0. The van der Waals surface area contributed by atoms with Gasteiger partial charge in [0.1, 0.15) is 0 Å². The molecule has 0 unspecified atom stereocenters. The third kappa shape index (κ3) is 2.12. The molecule has 0 aromatic rings. The molecule has 1 heterocycles. The molecule has 1 aliphatic rings. The molecule has 0 spiro atoms. The average Bonchev–Trinajstić information content (AvgIpc) is 2.37. The lowest BCUT2D eigenvalue weighted by Crippen LogP contribution is -2.44. The molecular formula is C10H18BN-. The lowest BCUT2D eigenvalue weighted by Gasteiger charge is -2.45. The Morgan fingerprint density at radius 2 is 1.58 bits per heavy atom. The van der Waals surface area contributed by atoms with Crippen molar-refractivity contribution in [3.63, 3.8) is 0 Å². The van der Waals surface area contributed by atoms with Gasteiger partial charge in [0.2, 0.25) is 0 Å². The van der Waals surface area contributed by atoms with Crippen molar-refractivity contribution >= 4 is 12.5 Å². The van der Waals surface area contributed by atoms with Crippen LogP contribution in [0.15, 0.2) is 0 Å². The van der Waals surface area contributed by atoms with Crippen molar-refractivity contribution in [3.05, 3.63) is 19.2 Å². The van der Waals surface area contributed by atoms with Gasteiger partial charge in [-0.05, 0) is 39.8 Å². The van der Waals surface area contributed by atoms with Crippen molar-refractivity contribution in [1.29, 1.82) is 0 Å². The van der Waals surface area contributed by atoms with Crippen LogP contribution in [-0.2, 0) is 0 Å². The summed E-state index contributed by atoms with van der Waals surface area (Å²) in [4.78, 5) is 2.50. The van der Waals surface area contributed by atoms with Crippen LogP contribution >= 0.6 is 0 Å². The fourth-order valence-corrected chi connectivity index (χ4v) is 1.90. The van der Waals surface area contributed by atoms with Gasteiger partial charge in [-0.3, -0.25) is 5.97 Å². The van der Waals surface area contributed by atoms with E-state index >= 15 is 0 Å². The Kier molecular flexibility index (Phi) is 3.36. The van der Waals surface area contributed by atoms with Crippen molar-refractivity contribution in [3.8, 4) is 0 Å². The SMILES string of the molecule is CC(C)N([B-]1=C[CH][CH][CH]1)C(C)C. The standard InChI is InChI=1S/C10H18BN/c1-9(2)12(10(3)4)11-7-5-6-8-11/h5-10H,1-4H3/q-1. The summed E-state index contributed by atoms with van der Waals surface area (Å²) in [5, 5.41) is 0. The molecule has 0 N–H and O–H groups in total. The first-order valence-electron chi connectivity index (χ1n) is 4.75. The minimum atomic E-state index is 0.519. The summed E-state index contributed by atoms with van der Waals surface area (Å²) in [5.41, 5.74) is 0. The van der Waals surface area contributed by atoms with E-state index in [4.69, 9.17) is 0 Å². The van der Waals surface area contributed by atoms with E-state index in [1.54, 1.807) is 0 Å². The third-order valence-corrected chi connectivity index (χ3v) is 2.26. The summed E-state index contributed by atoms with van der Waals surface area (Å²) < 4.78 is 0. The van der Waals surface area contributed by atoms with E-state index < -0.39 is 0 Å². The van der Waals surface area contributed by atoms with Crippen molar-refractivity contribution in [2.24, 2.45) is 0 Å². The first kappa shape index (κ1) is 9.82. The fraction of sp³-hybridized carbons (Fsp3) is 0.600. The number of nitrogens with zero attached hydrogens (tertiary/aromatic N) is 1. The summed E-state index contributed by atoms with van der Waals surface area (Å²) in [6.45, 7) is 9.52. The summed E-state index contributed by atoms with van der Waals surface area (Å²) >= 11 is 0. The molecule has 67 valence electrons. The van der Waals surface area contributed by atoms with Crippen LogP contribution in [0.1, 0.15) is 27.7 Å². The van der Waals surface area contributed by atoms with E-state index in [1.165, 1.54) is 0 Å². The molecule has 0 bridgehead atoms. The van der Waals surface area contributed by atoms with Crippen molar-refractivity contribution < 1.29 is 0 Å². The largest absolute Gasteiger partial charge is 0.583 e. The van der Waals surface area contributed by atoms with E-state index in [9.17, 15) is 0 Å². The summed E-state index contributed by atoms with van der Waals surface area (Å²) in [5.74, 6) is 2.25. The smallest absolute Gasteiger partial charge is 0.0192 e. The monoisotopic (exact) mass is 163 g/mol. The van der Waals surface area contributed by atoms with E-state index in [1.807, 2.05) is 0 Å². The van der Waals surface area contributed by atoms with Crippen LogP contribution in [0.3, 0.4) is 0 Å². The zero-order valence-corrected chi connectivity index (χ0v) is 8.49. The molecule has 1 nitrogen and oxygen atoms in total. The Labute approximate surface area is 76.9 Å². The maximum Gasteiger partial charge on any atom is -0.0192 e. The van der Waals surface area contributed by atoms with Gasteiger partial charge in [-0.1, -0.05) is 19.3 Å². The Balaban J connectivity index is 2.65. The number of rotatable bonds is 3. The first-order chi connectivity index (χ1) is 5.63. The fourth-order valence-electron chi connectivity index (χ4n) is 1.90. The molecule has 1 aliphatic heterocycles. The molecule has 0 aromatic carbocycles. The molecule has 0 saturated heterocycles. The molecule has 0 atom stereocenters. The molecule has 2 heteroatoms. The minimum Gasteiger partial charge on any atom is -0.583 e. The maximum absolute atomic E-state index is 2.50. The lowest BCUT2D eigenvalue weighted by molar-refractivity contribution is 0.312. The zero-order valence-electron chi connectivity index (χ0n) is 8.49. The minimum absolute atomic E-state index is 0.519. The van der Waals surface area contributed by atoms with Crippen molar-refractivity contribution in [2.75, 3.05) is 0 Å². The second kappa shape index (κ2) is 4.11. The molecule has 3 radical (unpaired) electrons. The van der Waals surface area contributed by atoms with Crippen molar-refractivity contribution in [2.45, 2.75) is 39.8 Å². The quantitative estimate of drug-likeness (QED) is 0.571. The van der Waals surface area contributed by atoms with Crippen LogP contribution < -0.4 is 0 Å². The molecule has 0 aliphatic carbocycles. The Bertz CT molecular complexity index is 165. The zero-order chi connectivity index (χ0) is 9.14. The lowest BCUT2D eigenvalue weighted by atomic mass is 9.71.